The molecule has 0 radical (unpaired) electrons. The van der Waals surface area contributed by atoms with E-state index in [0.717, 1.165) is 11.5 Å². The van der Waals surface area contributed by atoms with Crippen LogP contribution in [0.4, 0.5) is 5.82 Å². The van der Waals surface area contributed by atoms with Crippen LogP contribution >= 0.6 is 0 Å². The van der Waals surface area contributed by atoms with Gasteiger partial charge in [0.25, 0.3) is 0 Å². The molecule has 1 aliphatic carbocycles. The second-order valence-electron chi connectivity index (χ2n) is 6.02. The Morgan fingerprint density at radius 2 is 1.82 bits per heavy atom. The number of nitrogens with one attached hydrogen (secondary N) is 1. The van der Waals surface area contributed by atoms with E-state index in [0.29, 0.717) is 6.04 Å². The highest BCUT2D eigenvalue weighted by molar-refractivity contribution is 5.37. The van der Waals surface area contributed by atoms with Gasteiger partial charge in [-0.25, -0.2) is 9.97 Å². The van der Waals surface area contributed by atoms with Crippen LogP contribution in [0.3, 0.4) is 0 Å². The summed E-state index contributed by atoms with van der Waals surface area (Å²) < 4.78 is 0. The second-order valence-corrected chi connectivity index (χ2v) is 6.02. The lowest BCUT2D eigenvalue weighted by Gasteiger charge is -2.24. The molecule has 17 heavy (non-hydrogen) atoms. The van der Waals surface area contributed by atoms with Crippen LogP contribution in [0, 0.1) is 0 Å². The summed E-state index contributed by atoms with van der Waals surface area (Å²) >= 11 is 0. The molecule has 1 aromatic heterocycles. The minimum absolute atomic E-state index is 0.0892. The van der Waals surface area contributed by atoms with E-state index in [1.54, 1.807) is 6.33 Å². The van der Waals surface area contributed by atoms with Crippen molar-refractivity contribution in [3.8, 4) is 0 Å². The zero-order valence-electron chi connectivity index (χ0n) is 11.2. The average molecular weight is 233 g/mol. The molecule has 0 spiro atoms. The van der Waals surface area contributed by atoms with Gasteiger partial charge in [-0.15, -0.1) is 0 Å². The fraction of sp³-hybridized carbons (Fsp3) is 0.714. The summed E-state index contributed by atoms with van der Waals surface area (Å²) in [6.45, 7) is 6.54. The van der Waals surface area contributed by atoms with Crippen molar-refractivity contribution in [3.05, 3.63) is 18.1 Å². The first-order valence-corrected chi connectivity index (χ1v) is 6.65. The molecule has 3 heteroatoms. The third kappa shape index (κ3) is 3.42. The standard InChI is InChI=1S/C14H23N3/c1-14(2,3)12-9-13(16-10-15-12)17-11-7-5-4-6-8-11/h9-11H,4-8H2,1-3H3,(H,15,16,17). The molecule has 0 aromatic carbocycles. The van der Waals surface area contributed by atoms with Crippen molar-refractivity contribution < 1.29 is 0 Å². The quantitative estimate of drug-likeness (QED) is 0.849. The second kappa shape index (κ2) is 5.03. The van der Waals surface area contributed by atoms with Crippen molar-refractivity contribution >= 4 is 5.82 Å². The van der Waals surface area contributed by atoms with Crippen molar-refractivity contribution in [1.82, 2.24) is 9.97 Å². The van der Waals surface area contributed by atoms with Crippen LogP contribution in [0.2, 0.25) is 0 Å². The molecule has 1 aliphatic rings. The number of hydrogen-bond donors (Lipinski definition) is 1. The van der Waals surface area contributed by atoms with Gasteiger partial charge in [0.15, 0.2) is 0 Å². The Labute approximate surface area is 104 Å². The van der Waals surface area contributed by atoms with Crippen molar-refractivity contribution in [2.75, 3.05) is 5.32 Å². The van der Waals surface area contributed by atoms with Crippen LogP contribution in [0.1, 0.15) is 58.6 Å². The smallest absolute Gasteiger partial charge is 0.129 e. The van der Waals surface area contributed by atoms with Crippen molar-refractivity contribution in [2.45, 2.75) is 64.3 Å². The minimum Gasteiger partial charge on any atom is -0.367 e. The molecule has 1 saturated carbocycles. The zero-order valence-corrected chi connectivity index (χ0v) is 11.2. The predicted molar refractivity (Wildman–Crippen MR) is 71.2 cm³/mol. The summed E-state index contributed by atoms with van der Waals surface area (Å²) in [6.07, 6.45) is 8.29. The molecule has 1 heterocycles. The monoisotopic (exact) mass is 233 g/mol. The fourth-order valence-corrected chi connectivity index (χ4v) is 2.30. The van der Waals surface area contributed by atoms with Gasteiger partial charge >= 0.3 is 0 Å². The maximum atomic E-state index is 4.35. The summed E-state index contributed by atoms with van der Waals surface area (Å²) in [5.41, 5.74) is 1.19. The summed E-state index contributed by atoms with van der Waals surface area (Å²) in [6, 6.07) is 2.70. The van der Waals surface area contributed by atoms with E-state index in [4.69, 9.17) is 0 Å². The lowest BCUT2D eigenvalue weighted by Crippen LogP contribution is -2.23. The normalized spacial score (nSPS) is 18.1. The van der Waals surface area contributed by atoms with Gasteiger partial charge < -0.3 is 5.32 Å². The van der Waals surface area contributed by atoms with Gasteiger partial charge in [-0.3, -0.25) is 0 Å². The Bertz CT molecular complexity index is 362. The molecular formula is C14H23N3. The van der Waals surface area contributed by atoms with Crippen molar-refractivity contribution in [1.29, 1.82) is 0 Å². The summed E-state index contributed by atoms with van der Waals surface area (Å²) in [5.74, 6) is 0.983. The number of nitrogens with zero attached hydrogens (tertiary/aromatic N) is 2. The molecule has 0 saturated heterocycles. The van der Waals surface area contributed by atoms with Crippen LogP contribution < -0.4 is 5.32 Å². The Balaban J connectivity index is 2.05. The Hall–Kier alpha value is -1.12. The highest BCUT2D eigenvalue weighted by Gasteiger charge is 2.18. The van der Waals surface area contributed by atoms with Gasteiger partial charge in [0.05, 0.1) is 5.69 Å². The fourth-order valence-electron chi connectivity index (χ4n) is 2.30. The van der Waals surface area contributed by atoms with Crippen LogP contribution in [-0.4, -0.2) is 16.0 Å². The third-order valence-electron chi connectivity index (χ3n) is 3.39. The number of rotatable bonds is 2. The van der Waals surface area contributed by atoms with Gasteiger partial charge in [-0.05, 0) is 12.8 Å². The summed E-state index contributed by atoms with van der Waals surface area (Å²) in [7, 11) is 0. The number of hydrogen-bond acceptors (Lipinski definition) is 3. The molecule has 0 bridgehead atoms. The molecule has 0 amide bonds. The molecule has 1 aromatic rings. The van der Waals surface area contributed by atoms with E-state index >= 15 is 0 Å². The molecule has 0 unspecified atom stereocenters. The molecular weight excluding hydrogens is 210 g/mol. The van der Waals surface area contributed by atoms with Crippen LogP contribution in [0.5, 0.6) is 0 Å². The molecule has 1 fully saturated rings. The minimum atomic E-state index is 0.0892. The molecule has 0 atom stereocenters. The Morgan fingerprint density at radius 1 is 1.12 bits per heavy atom. The maximum absolute atomic E-state index is 4.35. The molecule has 0 aliphatic heterocycles. The van der Waals surface area contributed by atoms with Crippen LogP contribution in [0.15, 0.2) is 12.4 Å². The lowest BCUT2D eigenvalue weighted by atomic mass is 9.92. The van der Waals surface area contributed by atoms with E-state index in [1.807, 2.05) is 0 Å². The Kier molecular flexibility index (Phi) is 3.65. The van der Waals surface area contributed by atoms with Crippen molar-refractivity contribution in [3.63, 3.8) is 0 Å². The Morgan fingerprint density at radius 3 is 2.47 bits per heavy atom. The van der Waals surface area contributed by atoms with Crippen molar-refractivity contribution in [2.24, 2.45) is 0 Å². The molecule has 2 rings (SSSR count). The predicted octanol–water partition coefficient (Wildman–Crippen LogP) is 3.52. The first kappa shape index (κ1) is 12.3. The highest BCUT2D eigenvalue weighted by Crippen LogP contribution is 2.24. The van der Waals surface area contributed by atoms with E-state index in [2.05, 4.69) is 42.1 Å². The molecule has 1 N–H and O–H groups in total. The summed E-state index contributed by atoms with van der Waals surface area (Å²) in [5, 5.41) is 3.54. The van der Waals surface area contributed by atoms with Gasteiger partial charge in [-0.1, -0.05) is 40.0 Å². The maximum Gasteiger partial charge on any atom is 0.129 e. The highest BCUT2D eigenvalue weighted by atomic mass is 15.0. The van der Waals surface area contributed by atoms with E-state index < -0.39 is 0 Å². The first-order valence-electron chi connectivity index (χ1n) is 6.65. The van der Waals surface area contributed by atoms with Crippen LogP contribution in [0.25, 0.3) is 0 Å². The lowest BCUT2D eigenvalue weighted by molar-refractivity contribution is 0.461. The van der Waals surface area contributed by atoms with E-state index in [1.165, 1.54) is 32.1 Å². The molecule has 3 nitrogen and oxygen atoms in total. The molecule has 94 valence electrons. The average Bonchev–Trinajstić information content (AvgIpc) is 2.29. The van der Waals surface area contributed by atoms with E-state index in [-0.39, 0.29) is 5.41 Å². The number of aromatic nitrogens is 2. The van der Waals surface area contributed by atoms with Crippen LogP contribution in [-0.2, 0) is 5.41 Å². The van der Waals surface area contributed by atoms with Gasteiger partial charge in [0.2, 0.25) is 0 Å². The zero-order chi connectivity index (χ0) is 12.3. The topological polar surface area (TPSA) is 37.8 Å². The largest absolute Gasteiger partial charge is 0.367 e. The van der Waals surface area contributed by atoms with Gasteiger partial charge in [0, 0.05) is 17.5 Å². The number of anilines is 1. The van der Waals surface area contributed by atoms with Gasteiger partial charge in [-0.2, -0.15) is 0 Å². The van der Waals surface area contributed by atoms with Gasteiger partial charge in [0.1, 0.15) is 12.1 Å². The van der Waals surface area contributed by atoms with E-state index in [9.17, 15) is 0 Å². The third-order valence-corrected chi connectivity index (χ3v) is 3.39. The SMILES string of the molecule is CC(C)(C)c1cc(NC2CCCCC2)ncn1. The summed E-state index contributed by atoms with van der Waals surface area (Å²) in [4.78, 5) is 8.68. The first-order chi connectivity index (χ1) is 8.05.